The number of pyridine rings is 1. The number of nitriles is 1. The molecule has 0 amide bonds. The Hall–Kier alpha value is -3.52. The first-order valence-electron chi connectivity index (χ1n) is 11.0. The van der Waals surface area contributed by atoms with E-state index in [1.165, 1.54) is 24.9 Å². The molecule has 156 valence electrons. The molecule has 2 aromatic carbocycles. The van der Waals surface area contributed by atoms with Crippen LogP contribution in [0.15, 0.2) is 48.5 Å². The summed E-state index contributed by atoms with van der Waals surface area (Å²) in [7, 11) is 0. The van der Waals surface area contributed by atoms with Crippen molar-refractivity contribution in [2.24, 2.45) is 0 Å². The van der Waals surface area contributed by atoms with Crippen molar-refractivity contribution in [1.29, 1.82) is 5.26 Å². The third-order valence-corrected chi connectivity index (χ3v) is 6.05. The molecule has 0 N–H and O–H groups in total. The molecular weight excluding hydrogens is 386 g/mol. The lowest BCUT2D eigenvalue weighted by atomic mass is 9.91. The molecule has 5 nitrogen and oxygen atoms in total. The van der Waals surface area contributed by atoms with Crippen molar-refractivity contribution in [3.8, 4) is 40.1 Å². The zero-order valence-corrected chi connectivity index (χ0v) is 17.7. The largest absolute Gasteiger partial charge is 0.488 e. The van der Waals surface area contributed by atoms with E-state index in [4.69, 9.17) is 14.5 Å². The maximum Gasteiger partial charge on any atom is 0.232 e. The molecule has 0 atom stereocenters. The lowest BCUT2D eigenvalue weighted by molar-refractivity contribution is 0.299. The Labute approximate surface area is 182 Å². The minimum absolute atomic E-state index is 0.379. The van der Waals surface area contributed by atoms with E-state index < -0.39 is 0 Å². The number of benzene rings is 2. The summed E-state index contributed by atoms with van der Waals surface area (Å²) in [4.78, 5) is 7.20. The van der Waals surface area contributed by atoms with E-state index in [1.54, 1.807) is 0 Å². The lowest BCUT2D eigenvalue weighted by Crippen LogP contribution is -2.29. The summed E-state index contributed by atoms with van der Waals surface area (Å²) in [6.45, 7) is 4.95. The van der Waals surface area contributed by atoms with Crippen LogP contribution >= 0.6 is 0 Å². The molecule has 3 aromatic rings. The fraction of sp³-hybridized carbons (Fsp3) is 0.308. The highest BCUT2D eigenvalue weighted by Crippen LogP contribution is 2.44. The van der Waals surface area contributed by atoms with Gasteiger partial charge in [0.15, 0.2) is 0 Å². The van der Waals surface area contributed by atoms with Crippen LogP contribution in [0.1, 0.15) is 37.3 Å². The Bertz CT molecular complexity index is 1140. The van der Waals surface area contributed by atoms with Crippen LogP contribution in [-0.4, -0.2) is 24.7 Å². The minimum Gasteiger partial charge on any atom is -0.488 e. The average Bonchev–Trinajstić information content (AvgIpc) is 2.84. The molecule has 0 spiro atoms. The molecular formula is C26H25N3O2. The zero-order valence-electron chi connectivity index (χ0n) is 17.7. The highest BCUT2D eigenvalue weighted by molar-refractivity contribution is 5.85. The molecule has 0 saturated carbocycles. The van der Waals surface area contributed by atoms with Crippen molar-refractivity contribution in [3.05, 3.63) is 59.7 Å². The van der Waals surface area contributed by atoms with E-state index in [9.17, 15) is 5.26 Å². The maximum atomic E-state index is 10.0. The molecule has 2 aliphatic rings. The first-order chi connectivity index (χ1) is 15.3. The predicted octanol–water partition coefficient (Wildman–Crippen LogP) is 5.57. The van der Waals surface area contributed by atoms with Crippen molar-refractivity contribution in [2.75, 3.05) is 24.6 Å². The van der Waals surface area contributed by atoms with E-state index in [0.29, 0.717) is 24.7 Å². The van der Waals surface area contributed by atoms with Crippen molar-refractivity contribution in [1.82, 2.24) is 4.98 Å². The van der Waals surface area contributed by atoms with E-state index >= 15 is 0 Å². The summed E-state index contributed by atoms with van der Waals surface area (Å²) in [5, 5.41) is 10.0. The molecule has 1 aromatic heterocycles. The summed E-state index contributed by atoms with van der Waals surface area (Å²) < 4.78 is 11.8. The molecule has 31 heavy (non-hydrogen) atoms. The smallest absolute Gasteiger partial charge is 0.232 e. The number of nitrogens with zero attached hydrogens (tertiary/aromatic N) is 3. The van der Waals surface area contributed by atoms with Crippen LogP contribution in [0, 0.1) is 11.3 Å². The van der Waals surface area contributed by atoms with Gasteiger partial charge in [0.05, 0.1) is 12.3 Å². The van der Waals surface area contributed by atoms with Crippen molar-refractivity contribution in [3.63, 3.8) is 0 Å². The third kappa shape index (κ3) is 3.48. The normalized spacial score (nSPS) is 14.8. The van der Waals surface area contributed by atoms with Gasteiger partial charge in [-0.2, -0.15) is 5.26 Å². The number of fused-ring (bicyclic) bond motifs is 3. The van der Waals surface area contributed by atoms with Gasteiger partial charge in [-0.1, -0.05) is 24.3 Å². The molecule has 0 radical (unpaired) electrons. The van der Waals surface area contributed by atoms with Crippen LogP contribution in [0.2, 0.25) is 0 Å². The van der Waals surface area contributed by atoms with Crippen LogP contribution in [0.25, 0.3) is 22.4 Å². The fourth-order valence-electron chi connectivity index (χ4n) is 4.56. The van der Waals surface area contributed by atoms with Crippen LogP contribution in [0.3, 0.4) is 0 Å². The average molecular weight is 412 g/mol. The Morgan fingerprint density at radius 3 is 2.58 bits per heavy atom. The number of ether oxygens (including phenoxy) is 2. The number of rotatable bonds is 4. The highest BCUT2D eigenvalue weighted by atomic mass is 16.5. The molecule has 3 heterocycles. The van der Waals surface area contributed by atoms with E-state index in [2.05, 4.69) is 35.2 Å². The van der Waals surface area contributed by atoms with Crippen molar-refractivity contribution < 1.29 is 9.47 Å². The van der Waals surface area contributed by atoms with Gasteiger partial charge in [-0.25, -0.2) is 4.98 Å². The summed E-state index contributed by atoms with van der Waals surface area (Å²) in [6, 6.07) is 18.8. The highest BCUT2D eigenvalue weighted by Gasteiger charge is 2.27. The second-order valence-corrected chi connectivity index (χ2v) is 7.92. The van der Waals surface area contributed by atoms with Crippen LogP contribution in [0.4, 0.5) is 5.69 Å². The van der Waals surface area contributed by atoms with Crippen LogP contribution in [0.5, 0.6) is 11.6 Å². The maximum absolute atomic E-state index is 10.0. The molecule has 5 rings (SSSR count). The number of para-hydroxylation sites is 1. The number of anilines is 1. The lowest BCUT2D eigenvalue weighted by Gasteiger charge is -2.29. The van der Waals surface area contributed by atoms with Gasteiger partial charge < -0.3 is 14.4 Å². The van der Waals surface area contributed by atoms with Gasteiger partial charge in [0.25, 0.3) is 0 Å². The van der Waals surface area contributed by atoms with Crippen molar-refractivity contribution in [2.45, 2.75) is 32.8 Å². The molecule has 1 saturated heterocycles. The Morgan fingerprint density at radius 2 is 1.84 bits per heavy atom. The van der Waals surface area contributed by atoms with Crippen molar-refractivity contribution >= 4 is 5.69 Å². The standard InChI is InChI=1S/C26H25N3O2/c1-2-30-26-21(16-27)24(18-10-12-19(13-11-18)29-14-6-3-7-15-29)22-17-31-23-9-5-4-8-20(23)25(22)28-26/h4-5,8-13H,2-3,6-7,14-15,17H2,1H3. The zero-order chi connectivity index (χ0) is 21.2. The number of aromatic nitrogens is 1. The Morgan fingerprint density at radius 1 is 1.06 bits per heavy atom. The van der Waals surface area contributed by atoms with Gasteiger partial charge in [0, 0.05) is 35.5 Å². The molecule has 2 aliphatic heterocycles. The van der Waals surface area contributed by atoms with Crippen LogP contribution < -0.4 is 14.4 Å². The first kappa shape index (κ1) is 19.4. The monoisotopic (exact) mass is 411 g/mol. The number of hydrogen-bond donors (Lipinski definition) is 0. The quantitative estimate of drug-likeness (QED) is 0.562. The summed E-state index contributed by atoms with van der Waals surface area (Å²) in [5.74, 6) is 1.19. The Kier molecular flexibility index (Phi) is 5.21. The predicted molar refractivity (Wildman–Crippen MR) is 121 cm³/mol. The van der Waals surface area contributed by atoms with E-state index in [-0.39, 0.29) is 0 Å². The second kappa shape index (κ2) is 8.31. The van der Waals surface area contributed by atoms with Gasteiger partial charge in [-0.05, 0) is 56.0 Å². The van der Waals surface area contributed by atoms with E-state index in [0.717, 1.165) is 46.8 Å². The molecule has 1 fully saturated rings. The molecule has 0 aliphatic carbocycles. The molecule has 0 unspecified atom stereocenters. The number of piperidine rings is 1. The third-order valence-electron chi connectivity index (χ3n) is 6.05. The van der Waals surface area contributed by atoms with Gasteiger partial charge >= 0.3 is 0 Å². The summed E-state index contributed by atoms with van der Waals surface area (Å²) in [5.41, 5.74) is 6.24. The van der Waals surface area contributed by atoms with E-state index in [1.807, 2.05) is 31.2 Å². The van der Waals surface area contributed by atoms with Gasteiger partial charge in [0.2, 0.25) is 5.88 Å². The summed E-state index contributed by atoms with van der Waals surface area (Å²) >= 11 is 0. The summed E-state index contributed by atoms with van der Waals surface area (Å²) in [6.07, 6.45) is 3.80. The SMILES string of the molecule is CCOc1nc2c(c(-c3ccc(N4CCCCC4)cc3)c1C#N)COc1ccccc1-2. The van der Waals surface area contributed by atoms with Crippen LogP contribution in [-0.2, 0) is 6.61 Å². The Balaban J connectivity index is 1.66. The number of hydrogen-bond acceptors (Lipinski definition) is 5. The topological polar surface area (TPSA) is 58.4 Å². The van der Waals surface area contributed by atoms with Gasteiger partial charge in [0.1, 0.15) is 24.0 Å². The molecule has 0 bridgehead atoms. The minimum atomic E-state index is 0.379. The van der Waals surface area contributed by atoms with Gasteiger partial charge in [-0.3, -0.25) is 0 Å². The molecule has 5 heteroatoms. The van der Waals surface area contributed by atoms with Gasteiger partial charge in [-0.15, -0.1) is 0 Å². The fourth-order valence-corrected chi connectivity index (χ4v) is 4.56. The second-order valence-electron chi connectivity index (χ2n) is 7.92. The first-order valence-corrected chi connectivity index (χ1v) is 11.0.